The maximum absolute atomic E-state index is 14.0. The number of amides is 1. The largest absolute Gasteiger partial charge is 0.340 e. The summed E-state index contributed by atoms with van der Waals surface area (Å²) in [5.41, 5.74) is 1.71. The van der Waals surface area contributed by atoms with Crippen LogP contribution in [0.4, 0.5) is 8.78 Å². The number of hydrogen-bond acceptors (Lipinski definition) is 3. The molecule has 0 saturated heterocycles. The van der Waals surface area contributed by atoms with Crippen molar-refractivity contribution in [2.24, 2.45) is 0 Å². The van der Waals surface area contributed by atoms with Gasteiger partial charge >= 0.3 is 0 Å². The van der Waals surface area contributed by atoms with E-state index >= 15 is 0 Å². The second kappa shape index (κ2) is 8.15. The Balaban J connectivity index is 1.98. The van der Waals surface area contributed by atoms with Crippen molar-refractivity contribution in [3.8, 4) is 6.07 Å². The molecule has 0 saturated carbocycles. The van der Waals surface area contributed by atoms with Crippen LogP contribution in [0.15, 0.2) is 54.7 Å². The number of hydrogen-bond donors (Lipinski definition) is 1. The average molecular weight is 398 g/mol. The molecule has 1 amide bonds. The number of rotatable bonds is 4. The number of nitrogens with one attached hydrogen (secondary N) is 1. The second-order valence-electron chi connectivity index (χ2n) is 6.15. The van der Waals surface area contributed by atoms with E-state index in [-0.39, 0.29) is 16.1 Å². The number of nitrogens with zero attached hydrogens (tertiary/aromatic N) is 2. The van der Waals surface area contributed by atoms with E-state index < -0.39 is 23.6 Å². The van der Waals surface area contributed by atoms with Crippen molar-refractivity contribution in [2.75, 3.05) is 0 Å². The van der Waals surface area contributed by atoms with Gasteiger partial charge in [0.05, 0.1) is 22.3 Å². The minimum atomic E-state index is -0.794. The lowest BCUT2D eigenvalue weighted by atomic mass is 10.0. The first-order chi connectivity index (χ1) is 13.4. The number of nitriles is 1. The van der Waals surface area contributed by atoms with E-state index in [9.17, 15) is 13.6 Å². The summed E-state index contributed by atoms with van der Waals surface area (Å²) >= 11 is 5.75. The van der Waals surface area contributed by atoms with Gasteiger partial charge in [0.25, 0.3) is 5.91 Å². The van der Waals surface area contributed by atoms with Crippen molar-refractivity contribution >= 4 is 17.5 Å². The number of pyridine rings is 1. The smallest absolute Gasteiger partial charge is 0.252 e. The van der Waals surface area contributed by atoms with Gasteiger partial charge in [0.2, 0.25) is 0 Å². The molecule has 0 aliphatic carbocycles. The van der Waals surface area contributed by atoms with Gasteiger partial charge in [-0.25, -0.2) is 8.78 Å². The van der Waals surface area contributed by atoms with Crippen LogP contribution in [0, 0.1) is 29.9 Å². The Morgan fingerprint density at radius 1 is 1.14 bits per heavy atom. The number of aromatic nitrogens is 1. The van der Waals surface area contributed by atoms with Crippen LogP contribution in [0.3, 0.4) is 0 Å². The zero-order chi connectivity index (χ0) is 20.3. The van der Waals surface area contributed by atoms with Crippen molar-refractivity contribution in [1.82, 2.24) is 10.3 Å². The fourth-order valence-electron chi connectivity index (χ4n) is 2.63. The van der Waals surface area contributed by atoms with Crippen LogP contribution >= 0.6 is 11.6 Å². The second-order valence-corrected chi connectivity index (χ2v) is 6.55. The molecule has 3 aromatic rings. The molecule has 140 valence electrons. The Kier molecular flexibility index (Phi) is 5.67. The highest BCUT2D eigenvalue weighted by Gasteiger charge is 2.21. The van der Waals surface area contributed by atoms with Gasteiger partial charge < -0.3 is 5.32 Å². The third-order valence-corrected chi connectivity index (χ3v) is 4.44. The van der Waals surface area contributed by atoms with Crippen molar-refractivity contribution in [2.45, 2.75) is 13.0 Å². The average Bonchev–Trinajstić information content (AvgIpc) is 2.69. The topological polar surface area (TPSA) is 65.8 Å². The predicted molar refractivity (Wildman–Crippen MR) is 101 cm³/mol. The number of halogens is 3. The lowest BCUT2D eigenvalue weighted by molar-refractivity contribution is 0.0941. The van der Waals surface area contributed by atoms with Crippen LogP contribution in [0.5, 0.6) is 0 Å². The van der Waals surface area contributed by atoms with Crippen molar-refractivity contribution in [3.63, 3.8) is 0 Å². The fourth-order valence-corrected chi connectivity index (χ4v) is 2.75. The quantitative estimate of drug-likeness (QED) is 0.693. The zero-order valence-corrected chi connectivity index (χ0v) is 15.5. The highest BCUT2D eigenvalue weighted by atomic mass is 35.5. The predicted octanol–water partition coefficient (Wildman–Crippen LogP) is 4.71. The Labute approximate surface area is 165 Å². The van der Waals surface area contributed by atoms with Crippen LogP contribution in [-0.2, 0) is 0 Å². The molecule has 0 fully saturated rings. The molecule has 4 nitrogen and oxygen atoms in total. The van der Waals surface area contributed by atoms with E-state index in [1.807, 2.05) is 13.0 Å². The van der Waals surface area contributed by atoms with E-state index in [1.54, 1.807) is 24.4 Å². The first kappa shape index (κ1) is 19.5. The number of aryl methyl sites for hydroxylation is 1. The summed E-state index contributed by atoms with van der Waals surface area (Å²) in [6.07, 6.45) is 1.63. The van der Waals surface area contributed by atoms with Gasteiger partial charge in [0.15, 0.2) is 0 Å². The molecule has 3 rings (SSSR count). The molecular formula is C21H14ClF2N3O. The number of carbonyl (C=O) groups is 1. The molecule has 0 spiro atoms. The summed E-state index contributed by atoms with van der Waals surface area (Å²) in [4.78, 5) is 17.0. The van der Waals surface area contributed by atoms with Gasteiger partial charge in [-0.1, -0.05) is 23.7 Å². The fraction of sp³-hybridized carbons (Fsp3) is 0.0952. The summed E-state index contributed by atoms with van der Waals surface area (Å²) in [6.45, 7) is 1.87. The summed E-state index contributed by atoms with van der Waals surface area (Å²) < 4.78 is 27.8. The Hall–Kier alpha value is -3.30. The molecule has 7 heteroatoms. The highest BCUT2D eigenvalue weighted by molar-refractivity contribution is 6.30. The normalized spacial score (nSPS) is 11.5. The molecule has 0 unspecified atom stereocenters. The van der Waals surface area contributed by atoms with Crippen molar-refractivity contribution < 1.29 is 13.6 Å². The molecule has 0 radical (unpaired) electrons. The maximum Gasteiger partial charge on any atom is 0.252 e. The van der Waals surface area contributed by atoms with E-state index in [0.717, 1.165) is 11.6 Å². The lowest BCUT2D eigenvalue weighted by Crippen LogP contribution is -2.30. The monoisotopic (exact) mass is 397 g/mol. The van der Waals surface area contributed by atoms with Crippen LogP contribution < -0.4 is 5.32 Å². The van der Waals surface area contributed by atoms with Crippen molar-refractivity contribution in [1.29, 1.82) is 5.26 Å². The molecule has 0 aliphatic heterocycles. The zero-order valence-electron chi connectivity index (χ0n) is 14.7. The van der Waals surface area contributed by atoms with E-state index in [0.29, 0.717) is 11.3 Å². The van der Waals surface area contributed by atoms with Gasteiger partial charge in [-0.2, -0.15) is 5.26 Å². The Morgan fingerprint density at radius 3 is 2.54 bits per heavy atom. The first-order valence-electron chi connectivity index (χ1n) is 8.27. The van der Waals surface area contributed by atoms with Gasteiger partial charge in [-0.15, -0.1) is 0 Å². The Bertz CT molecular complexity index is 1080. The molecule has 2 aromatic carbocycles. The molecule has 1 heterocycles. The van der Waals surface area contributed by atoms with Gasteiger partial charge in [-0.3, -0.25) is 9.78 Å². The molecular weight excluding hydrogens is 384 g/mol. The van der Waals surface area contributed by atoms with E-state index in [1.165, 1.54) is 24.3 Å². The maximum atomic E-state index is 14.0. The minimum absolute atomic E-state index is 0.0306. The molecule has 28 heavy (non-hydrogen) atoms. The highest BCUT2D eigenvalue weighted by Crippen LogP contribution is 2.25. The summed E-state index contributed by atoms with van der Waals surface area (Å²) in [5.74, 6) is -2.02. The van der Waals surface area contributed by atoms with Crippen molar-refractivity contribution in [3.05, 3.63) is 99.3 Å². The van der Waals surface area contributed by atoms with Crippen LogP contribution in [0.1, 0.15) is 38.8 Å². The first-order valence-corrected chi connectivity index (χ1v) is 8.65. The molecule has 0 aliphatic rings. The van der Waals surface area contributed by atoms with Gasteiger partial charge in [0.1, 0.15) is 17.7 Å². The van der Waals surface area contributed by atoms with Crippen LogP contribution in [0.25, 0.3) is 0 Å². The molecule has 1 atom stereocenters. The third kappa shape index (κ3) is 4.16. The van der Waals surface area contributed by atoms with Crippen LogP contribution in [-0.4, -0.2) is 10.9 Å². The number of carbonyl (C=O) groups excluding carboxylic acids is 1. The SMILES string of the molecule is Cc1ccc([C@@H](NC(=O)c2ccc(C#N)c(F)c2)c2ccc(Cl)c(F)c2)nc1. The standard InChI is InChI=1S/C21H14ClF2N3O/c1-12-2-7-19(26-11-12)20(13-5-6-16(22)18(24)8-13)27-21(28)14-3-4-15(10-25)17(23)9-14/h2-9,11,20H,1H3,(H,27,28)/t20-/m0/s1. The van der Waals surface area contributed by atoms with E-state index in [2.05, 4.69) is 10.3 Å². The molecule has 1 aromatic heterocycles. The molecule has 0 bridgehead atoms. The lowest BCUT2D eigenvalue weighted by Gasteiger charge is -2.19. The third-order valence-electron chi connectivity index (χ3n) is 4.13. The van der Waals surface area contributed by atoms with Crippen LogP contribution in [0.2, 0.25) is 5.02 Å². The summed E-state index contributed by atoms with van der Waals surface area (Å²) in [6, 6.07) is 12.2. The minimum Gasteiger partial charge on any atom is -0.340 e. The molecule has 1 N–H and O–H groups in total. The Morgan fingerprint density at radius 2 is 1.93 bits per heavy atom. The summed E-state index contributed by atoms with van der Waals surface area (Å²) in [5, 5.41) is 11.5. The van der Waals surface area contributed by atoms with E-state index in [4.69, 9.17) is 16.9 Å². The van der Waals surface area contributed by atoms with Gasteiger partial charge in [-0.05, 0) is 54.4 Å². The number of benzene rings is 2. The summed E-state index contributed by atoms with van der Waals surface area (Å²) in [7, 11) is 0. The van der Waals surface area contributed by atoms with Gasteiger partial charge in [0, 0.05) is 11.8 Å².